The summed E-state index contributed by atoms with van der Waals surface area (Å²) in [4.78, 5) is 17.6. The van der Waals surface area contributed by atoms with Gasteiger partial charge in [-0.2, -0.15) is 4.98 Å². The highest BCUT2D eigenvalue weighted by atomic mass is 32.1. The zero-order valence-electron chi connectivity index (χ0n) is 15.5. The fourth-order valence-corrected chi connectivity index (χ4v) is 3.04. The molecule has 0 aliphatic rings. The topological polar surface area (TPSA) is 101 Å². The predicted molar refractivity (Wildman–Crippen MR) is 106 cm³/mol. The number of nitrogens with zero attached hydrogens (tertiary/aromatic N) is 5. The van der Waals surface area contributed by atoms with Crippen LogP contribution in [0.25, 0.3) is 11.6 Å². The first-order chi connectivity index (χ1) is 13.2. The summed E-state index contributed by atoms with van der Waals surface area (Å²) in [5.41, 5.74) is 1.78. The second-order valence-electron chi connectivity index (χ2n) is 5.78. The third-order valence-electron chi connectivity index (χ3n) is 3.64. The number of nitrogens with one attached hydrogen (secondary N) is 2. The maximum atomic E-state index is 5.26. The standard InChI is InChI=1S/C18H23N7OS/c1-3-19-18(21-10-7-14-12-27-13(2)23-14)22-11-8-16-24-17(26-25-16)15-6-4-5-9-20-15/h4-6,9,12H,3,7-8,10-11H2,1-2H3,(H2,19,21,22). The fourth-order valence-electron chi connectivity index (χ4n) is 2.39. The van der Waals surface area contributed by atoms with Crippen LogP contribution in [0.4, 0.5) is 0 Å². The van der Waals surface area contributed by atoms with Gasteiger partial charge < -0.3 is 15.2 Å². The summed E-state index contributed by atoms with van der Waals surface area (Å²) >= 11 is 1.67. The molecular formula is C18H23N7OS. The third-order valence-corrected chi connectivity index (χ3v) is 4.46. The fraction of sp³-hybridized carbons (Fsp3) is 0.389. The van der Waals surface area contributed by atoms with Gasteiger partial charge in [-0.15, -0.1) is 11.3 Å². The van der Waals surface area contributed by atoms with Crippen LogP contribution in [0.15, 0.2) is 39.3 Å². The van der Waals surface area contributed by atoms with Crippen molar-refractivity contribution in [1.82, 2.24) is 30.7 Å². The molecule has 9 heteroatoms. The molecule has 0 saturated carbocycles. The number of hydrogen-bond acceptors (Lipinski definition) is 7. The molecule has 0 aliphatic heterocycles. The zero-order valence-corrected chi connectivity index (χ0v) is 16.3. The molecule has 0 aromatic carbocycles. The molecule has 8 nitrogen and oxygen atoms in total. The Hall–Kier alpha value is -2.81. The minimum absolute atomic E-state index is 0.429. The molecule has 142 valence electrons. The van der Waals surface area contributed by atoms with E-state index in [9.17, 15) is 0 Å². The highest BCUT2D eigenvalue weighted by Crippen LogP contribution is 2.13. The van der Waals surface area contributed by atoms with E-state index < -0.39 is 0 Å². The Morgan fingerprint density at radius 3 is 2.89 bits per heavy atom. The number of thiazole rings is 1. The lowest BCUT2D eigenvalue weighted by molar-refractivity contribution is 0.421. The predicted octanol–water partition coefficient (Wildman–Crippen LogP) is 2.24. The van der Waals surface area contributed by atoms with Gasteiger partial charge in [0.25, 0.3) is 5.89 Å². The number of aryl methyl sites for hydroxylation is 1. The minimum Gasteiger partial charge on any atom is -0.357 e. The molecule has 0 amide bonds. The summed E-state index contributed by atoms with van der Waals surface area (Å²) in [6.07, 6.45) is 3.16. The molecule has 0 radical (unpaired) electrons. The Balaban J connectivity index is 1.49. The molecule has 3 aromatic heterocycles. The van der Waals surface area contributed by atoms with E-state index in [1.54, 1.807) is 17.5 Å². The molecule has 0 spiro atoms. The van der Waals surface area contributed by atoms with E-state index in [1.165, 1.54) is 0 Å². The molecule has 0 saturated heterocycles. The van der Waals surface area contributed by atoms with Gasteiger partial charge in [0.1, 0.15) is 5.69 Å². The lowest BCUT2D eigenvalue weighted by atomic mass is 10.3. The quantitative estimate of drug-likeness (QED) is 0.453. The molecule has 0 aliphatic carbocycles. The number of aliphatic imine (C=N–C) groups is 1. The van der Waals surface area contributed by atoms with E-state index in [4.69, 9.17) is 4.52 Å². The monoisotopic (exact) mass is 385 g/mol. The van der Waals surface area contributed by atoms with Gasteiger partial charge in [-0.05, 0) is 26.0 Å². The second kappa shape index (κ2) is 9.77. The van der Waals surface area contributed by atoms with E-state index in [0.29, 0.717) is 30.4 Å². The number of hydrogen-bond donors (Lipinski definition) is 2. The van der Waals surface area contributed by atoms with Crippen LogP contribution in [0.5, 0.6) is 0 Å². The van der Waals surface area contributed by atoms with E-state index in [-0.39, 0.29) is 0 Å². The first kappa shape index (κ1) is 19.0. The van der Waals surface area contributed by atoms with Gasteiger partial charge >= 0.3 is 0 Å². The van der Waals surface area contributed by atoms with Crippen molar-refractivity contribution >= 4 is 17.3 Å². The molecule has 0 unspecified atom stereocenters. The average molecular weight is 385 g/mol. The van der Waals surface area contributed by atoms with Gasteiger partial charge in [0.05, 0.1) is 10.7 Å². The van der Waals surface area contributed by atoms with Crippen LogP contribution < -0.4 is 10.6 Å². The van der Waals surface area contributed by atoms with Crippen LogP contribution in [0.1, 0.15) is 23.4 Å². The van der Waals surface area contributed by atoms with Gasteiger partial charge in [-0.25, -0.2) is 4.98 Å². The second-order valence-corrected chi connectivity index (χ2v) is 6.84. The lowest BCUT2D eigenvalue weighted by Crippen LogP contribution is -2.38. The van der Waals surface area contributed by atoms with Crippen LogP contribution >= 0.6 is 11.3 Å². The van der Waals surface area contributed by atoms with Crippen molar-refractivity contribution in [2.45, 2.75) is 26.7 Å². The smallest absolute Gasteiger partial charge is 0.276 e. The van der Waals surface area contributed by atoms with Gasteiger partial charge in [0.15, 0.2) is 11.8 Å². The van der Waals surface area contributed by atoms with Crippen molar-refractivity contribution in [3.8, 4) is 11.6 Å². The largest absolute Gasteiger partial charge is 0.357 e. The summed E-state index contributed by atoms with van der Waals surface area (Å²) in [7, 11) is 0. The van der Waals surface area contributed by atoms with Crippen LogP contribution in [0, 0.1) is 6.92 Å². The molecule has 3 rings (SSSR count). The molecule has 0 fully saturated rings. The zero-order chi connectivity index (χ0) is 18.9. The Kier molecular flexibility index (Phi) is 6.86. The van der Waals surface area contributed by atoms with Crippen LogP contribution in [-0.2, 0) is 12.8 Å². The van der Waals surface area contributed by atoms with Crippen molar-refractivity contribution in [2.24, 2.45) is 4.99 Å². The summed E-state index contributed by atoms with van der Waals surface area (Å²) in [6, 6.07) is 5.57. The van der Waals surface area contributed by atoms with Gasteiger partial charge in [-0.3, -0.25) is 9.98 Å². The number of aromatic nitrogens is 4. The van der Waals surface area contributed by atoms with Crippen LogP contribution in [-0.4, -0.2) is 45.7 Å². The van der Waals surface area contributed by atoms with E-state index >= 15 is 0 Å². The first-order valence-electron chi connectivity index (χ1n) is 8.91. The third kappa shape index (κ3) is 5.85. The first-order valence-corrected chi connectivity index (χ1v) is 9.79. The number of rotatable bonds is 8. The van der Waals surface area contributed by atoms with Crippen LogP contribution in [0.3, 0.4) is 0 Å². The highest BCUT2D eigenvalue weighted by Gasteiger charge is 2.09. The Morgan fingerprint density at radius 2 is 2.15 bits per heavy atom. The molecule has 2 N–H and O–H groups in total. The summed E-state index contributed by atoms with van der Waals surface area (Å²) in [5, 5.41) is 13.7. The summed E-state index contributed by atoms with van der Waals surface area (Å²) in [6.45, 7) is 6.20. The van der Waals surface area contributed by atoms with Gasteiger partial charge in [-0.1, -0.05) is 11.2 Å². The average Bonchev–Trinajstić information content (AvgIpc) is 3.32. The molecule has 27 heavy (non-hydrogen) atoms. The summed E-state index contributed by atoms with van der Waals surface area (Å²) < 4.78 is 5.26. The van der Waals surface area contributed by atoms with Crippen molar-refractivity contribution in [2.75, 3.05) is 19.6 Å². The Morgan fingerprint density at radius 1 is 1.22 bits per heavy atom. The van der Waals surface area contributed by atoms with Gasteiger partial charge in [0.2, 0.25) is 0 Å². The Labute approximate surface area is 162 Å². The van der Waals surface area contributed by atoms with Crippen molar-refractivity contribution < 1.29 is 4.52 Å². The lowest BCUT2D eigenvalue weighted by Gasteiger charge is -2.10. The maximum absolute atomic E-state index is 5.26. The van der Waals surface area contributed by atoms with E-state index in [2.05, 4.69) is 41.1 Å². The molecule has 0 atom stereocenters. The molecule has 3 heterocycles. The van der Waals surface area contributed by atoms with E-state index in [1.807, 2.05) is 32.0 Å². The highest BCUT2D eigenvalue weighted by molar-refractivity contribution is 7.09. The van der Waals surface area contributed by atoms with Crippen molar-refractivity contribution in [3.05, 3.63) is 46.3 Å². The molecular weight excluding hydrogens is 362 g/mol. The SMILES string of the molecule is CCNC(=NCCc1noc(-c2ccccn2)n1)NCCc1csc(C)n1. The van der Waals surface area contributed by atoms with Crippen molar-refractivity contribution in [3.63, 3.8) is 0 Å². The Bertz CT molecular complexity index is 859. The molecule has 0 bridgehead atoms. The van der Waals surface area contributed by atoms with Crippen molar-refractivity contribution in [1.29, 1.82) is 0 Å². The molecule has 3 aromatic rings. The maximum Gasteiger partial charge on any atom is 0.276 e. The van der Waals surface area contributed by atoms with E-state index in [0.717, 1.165) is 36.2 Å². The minimum atomic E-state index is 0.429. The normalized spacial score (nSPS) is 11.6. The van der Waals surface area contributed by atoms with Crippen LogP contribution in [0.2, 0.25) is 0 Å². The summed E-state index contributed by atoms with van der Waals surface area (Å²) in [5.74, 6) is 1.82. The number of guanidine groups is 1. The van der Waals surface area contributed by atoms with Gasteiger partial charge in [0, 0.05) is 44.1 Å². The number of pyridine rings is 1.